The molecule has 0 saturated carbocycles. The molecule has 0 aromatic heterocycles. The fourth-order valence-electron chi connectivity index (χ4n) is 2.64. The summed E-state index contributed by atoms with van der Waals surface area (Å²) < 4.78 is 13.1. The van der Waals surface area contributed by atoms with Crippen molar-refractivity contribution in [3.63, 3.8) is 0 Å². The predicted octanol–water partition coefficient (Wildman–Crippen LogP) is 3.09. The highest BCUT2D eigenvalue weighted by Crippen LogP contribution is 2.31. The van der Waals surface area contributed by atoms with Gasteiger partial charge in [0.15, 0.2) is 0 Å². The van der Waals surface area contributed by atoms with Gasteiger partial charge in [-0.1, -0.05) is 42.5 Å². The fraction of sp³-hybridized carbons (Fsp3) is 0.235. The van der Waals surface area contributed by atoms with Gasteiger partial charge < -0.3 is 5.73 Å². The number of halogens is 1. The van der Waals surface area contributed by atoms with Gasteiger partial charge in [-0.25, -0.2) is 4.39 Å². The average molecular weight is 283 g/mol. The molecule has 1 unspecified atom stereocenters. The molecule has 3 rings (SSSR count). The van der Waals surface area contributed by atoms with Crippen molar-refractivity contribution < 1.29 is 4.39 Å². The van der Waals surface area contributed by atoms with Crippen molar-refractivity contribution in [2.75, 3.05) is 6.54 Å². The molecule has 0 amide bonds. The molecule has 0 saturated heterocycles. The van der Waals surface area contributed by atoms with Crippen LogP contribution in [0.2, 0.25) is 0 Å². The van der Waals surface area contributed by atoms with Crippen molar-refractivity contribution >= 4 is 5.71 Å². The molecule has 1 heterocycles. The van der Waals surface area contributed by atoms with Crippen LogP contribution in [0, 0.1) is 5.82 Å². The quantitative estimate of drug-likeness (QED) is 0.937. The SMILES string of the molecule is NCC1=NN(Cc2ccccc2)C(c2ccc(F)cc2)C1. The largest absolute Gasteiger partial charge is 0.325 e. The molecule has 108 valence electrons. The number of nitrogens with zero attached hydrogens (tertiary/aromatic N) is 2. The van der Waals surface area contributed by atoms with Crippen molar-refractivity contribution in [2.45, 2.75) is 19.0 Å². The van der Waals surface area contributed by atoms with E-state index in [0.29, 0.717) is 6.54 Å². The van der Waals surface area contributed by atoms with Crippen LogP contribution >= 0.6 is 0 Å². The van der Waals surface area contributed by atoms with Crippen molar-refractivity contribution in [1.29, 1.82) is 0 Å². The maximum atomic E-state index is 13.1. The molecule has 2 aromatic carbocycles. The summed E-state index contributed by atoms with van der Waals surface area (Å²) in [7, 11) is 0. The molecule has 3 nitrogen and oxygen atoms in total. The fourth-order valence-corrected chi connectivity index (χ4v) is 2.64. The average Bonchev–Trinajstić information content (AvgIpc) is 2.92. The standard InChI is InChI=1S/C17H18FN3/c18-15-8-6-14(7-9-15)17-10-16(11-19)20-21(17)12-13-4-2-1-3-5-13/h1-9,17H,10-12,19H2. The monoisotopic (exact) mass is 283 g/mol. The molecule has 1 aliphatic rings. The third kappa shape index (κ3) is 3.11. The van der Waals surface area contributed by atoms with Crippen LogP contribution in [0.15, 0.2) is 59.7 Å². The van der Waals surface area contributed by atoms with E-state index in [2.05, 4.69) is 17.2 Å². The van der Waals surface area contributed by atoms with Gasteiger partial charge in [0.25, 0.3) is 0 Å². The van der Waals surface area contributed by atoms with E-state index in [-0.39, 0.29) is 11.9 Å². The second-order valence-corrected chi connectivity index (χ2v) is 5.23. The molecule has 1 atom stereocenters. The van der Waals surface area contributed by atoms with Gasteiger partial charge in [0, 0.05) is 13.0 Å². The van der Waals surface area contributed by atoms with Crippen LogP contribution in [0.3, 0.4) is 0 Å². The highest BCUT2D eigenvalue weighted by atomic mass is 19.1. The van der Waals surface area contributed by atoms with Crippen molar-refractivity contribution in [1.82, 2.24) is 5.01 Å². The van der Waals surface area contributed by atoms with E-state index in [1.54, 1.807) is 0 Å². The number of nitrogens with two attached hydrogens (primary N) is 1. The normalized spacial score (nSPS) is 17.9. The van der Waals surface area contributed by atoms with Gasteiger partial charge in [-0.05, 0) is 23.3 Å². The third-order valence-electron chi connectivity index (χ3n) is 3.74. The molecule has 0 radical (unpaired) electrons. The summed E-state index contributed by atoms with van der Waals surface area (Å²) in [6.45, 7) is 1.19. The molecular weight excluding hydrogens is 265 g/mol. The Hall–Kier alpha value is -2.20. The van der Waals surface area contributed by atoms with Gasteiger partial charge in [-0.3, -0.25) is 5.01 Å². The Balaban J connectivity index is 1.83. The lowest BCUT2D eigenvalue weighted by molar-refractivity contribution is 0.224. The second-order valence-electron chi connectivity index (χ2n) is 5.23. The van der Waals surface area contributed by atoms with E-state index < -0.39 is 0 Å². The molecule has 2 aromatic rings. The van der Waals surface area contributed by atoms with Crippen LogP contribution in [0.1, 0.15) is 23.6 Å². The molecule has 4 heteroatoms. The summed E-state index contributed by atoms with van der Waals surface area (Å²) in [5.74, 6) is -0.216. The van der Waals surface area contributed by atoms with Crippen molar-refractivity contribution in [3.8, 4) is 0 Å². The lowest BCUT2D eigenvalue weighted by atomic mass is 10.0. The first-order valence-electron chi connectivity index (χ1n) is 7.08. The Bertz CT molecular complexity index is 622. The summed E-state index contributed by atoms with van der Waals surface area (Å²) >= 11 is 0. The van der Waals surface area contributed by atoms with E-state index in [0.717, 1.165) is 24.2 Å². The number of hydrazone groups is 1. The van der Waals surface area contributed by atoms with Crippen LogP contribution in [0.4, 0.5) is 4.39 Å². The maximum absolute atomic E-state index is 13.1. The van der Waals surface area contributed by atoms with Gasteiger partial charge in [0.1, 0.15) is 5.82 Å². The first-order valence-corrected chi connectivity index (χ1v) is 7.08. The minimum Gasteiger partial charge on any atom is -0.325 e. The zero-order chi connectivity index (χ0) is 14.7. The Morgan fingerprint density at radius 2 is 1.81 bits per heavy atom. The second kappa shape index (κ2) is 6.06. The first-order chi connectivity index (χ1) is 10.3. The predicted molar refractivity (Wildman–Crippen MR) is 82.2 cm³/mol. The molecular formula is C17H18FN3. The summed E-state index contributed by atoms with van der Waals surface area (Å²) in [6, 6.07) is 17.0. The van der Waals surface area contributed by atoms with E-state index in [1.807, 2.05) is 35.3 Å². The molecule has 21 heavy (non-hydrogen) atoms. The molecule has 0 fully saturated rings. The minimum absolute atomic E-state index is 0.129. The summed E-state index contributed by atoms with van der Waals surface area (Å²) in [6.07, 6.45) is 0.801. The highest BCUT2D eigenvalue weighted by Gasteiger charge is 2.27. The van der Waals surface area contributed by atoms with Crippen LogP contribution in [-0.2, 0) is 6.54 Å². The highest BCUT2D eigenvalue weighted by molar-refractivity contribution is 5.88. The van der Waals surface area contributed by atoms with E-state index >= 15 is 0 Å². The Morgan fingerprint density at radius 3 is 2.48 bits per heavy atom. The zero-order valence-corrected chi connectivity index (χ0v) is 11.7. The first kappa shape index (κ1) is 13.8. The lowest BCUT2D eigenvalue weighted by Crippen LogP contribution is -2.19. The van der Waals surface area contributed by atoms with Gasteiger partial charge in [0.05, 0.1) is 18.3 Å². The smallest absolute Gasteiger partial charge is 0.123 e. The van der Waals surface area contributed by atoms with E-state index in [4.69, 9.17) is 5.73 Å². The molecule has 1 aliphatic heterocycles. The number of hydrogen-bond acceptors (Lipinski definition) is 3. The zero-order valence-electron chi connectivity index (χ0n) is 11.7. The van der Waals surface area contributed by atoms with Crippen molar-refractivity contribution in [2.24, 2.45) is 10.8 Å². The third-order valence-corrected chi connectivity index (χ3v) is 3.74. The summed E-state index contributed by atoms with van der Waals surface area (Å²) in [4.78, 5) is 0. The number of benzene rings is 2. The van der Waals surface area contributed by atoms with Crippen LogP contribution in [0.25, 0.3) is 0 Å². The van der Waals surface area contributed by atoms with Crippen molar-refractivity contribution in [3.05, 3.63) is 71.5 Å². The van der Waals surface area contributed by atoms with E-state index in [9.17, 15) is 4.39 Å². The van der Waals surface area contributed by atoms with Gasteiger partial charge in [0.2, 0.25) is 0 Å². The molecule has 0 aliphatic carbocycles. The van der Waals surface area contributed by atoms with Crippen LogP contribution in [0.5, 0.6) is 0 Å². The molecule has 2 N–H and O–H groups in total. The lowest BCUT2D eigenvalue weighted by Gasteiger charge is -2.24. The number of rotatable bonds is 4. The van der Waals surface area contributed by atoms with E-state index in [1.165, 1.54) is 17.7 Å². The minimum atomic E-state index is -0.216. The Labute approximate surface area is 123 Å². The Morgan fingerprint density at radius 1 is 1.10 bits per heavy atom. The van der Waals surface area contributed by atoms with Gasteiger partial charge in [-0.15, -0.1) is 0 Å². The molecule has 0 spiro atoms. The van der Waals surface area contributed by atoms with Crippen LogP contribution < -0.4 is 5.73 Å². The summed E-state index contributed by atoms with van der Waals surface area (Å²) in [5, 5.41) is 6.66. The maximum Gasteiger partial charge on any atom is 0.123 e. The summed E-state index contributed by atoms with van der Waals surface area (Å²) in [5.41, 5.74) is 8.99. The molecule has 0 bridgehead atoms. The number of hydrogen-bond donors (Lipinski definition) is 1. The van der Waals surface area contributed by atoms with Gasteiger partial charge >= 0.3 is 0 Å². The topological polar surface area (TPSA) is 41.6 Å². The van der Waals surface area contributed by atoms with Crippen LogP contribution in [-0.4, -0.2) is 17.3 Å². The Kier molecular flexibility index (Phi) is 3.97. The van der Waals surface area contributed by atoms with Gasteiger partial charge in [-0.2, -0.15) is 5.10 Å².